The summed E-state index contributed by atoms with van der Waals surface area (Å²) in [5.41, 5.74) is 1.99. The minimum Gasteiger partial charge on any atom is -0.293 e. The van der Waals surface area contributed by atoms with Crippen LogP contribution >= 0.6 is 0 Å². The molecule has 0 spiro atoms. The zero-order valence-electron chi connectivity index (χ0n) is 24.2. The first-order valence-electron chi connectivity index (χ1n) is 15.1. The van der Waals surface area contributed by atoms with E-state index in [1.807, 2.05) is 36.4 Å². The molecule has 0 saturated carbocycles. The van der Waals surface area contributed by atoms with Crippen LogP contribution < -0.4 is 0 Å². The Morgan fingerprint density at radius 1 is 0.700 bits per heavy atom. The van der Waals surface area contributed by atoms with Gasteiger partial charge in [-0.25, -0.2) is 13.6 Å². The van der Waals surface area contributed by atoms with Gasteiger partial charge in [0.15, 0.2) is 0 Å². The molecule has 0 amide bonds. The number of halogens is 2. The summed E-state index contributed by atoms with van der Waals surface area (Å²) in [6.07, 6.45) is 14.2. The molecule has 0 aliphatic heterocycles. The quantitative estimate of drug-likeness (QED) is 0.0898. The lowest BCUT2D eigenvalue weighted by atomic mass is 9.91. The molecule has 0 aromatic heterocycles. The van der Waals surface area contributed by atoms with Crippen molar-refractivity contribution >= 4 is 5.97 Å². The van der Waals surface area contributed by atoms with Crippen LogP contribution in [0.15, 0.2) is 60.7 Å². The van der Waals surface area contributed by atoms with E-state index < -0.39 is 17.6 Å². The molecule has 40 heavy (non-hydrogen) atoms. The van der Waals surface area contributed by atoms with Crippen molar-refractivity contribution in [1.82, 2.24) is 0 Å². The number of hydrogen-bond acceptors (Lipinski definition) is 3. The van der Waals surface area contributed by atoms with Crippen LogP contribution in [0.25, 0.3) is 22.3 Å². The molecular formula is C35H44F2O3. The number of rotatable bonds is 18. The van der Waals surface area contributed by atoms with Gasteiger partial charge >= 0.3 is 5.97 Å². The van der Waals surface area contributed by atoms with E-state index in [0.717, 1.165) is 49.7 Å². The lowest BCUT2D eigenvalue weighted by Gasteiger charge is -2.15. The van der Waals surface area contributed by atoms with Crippen molar-refractivity contribution in [2.75, 3.05) is 6.61 Å². The highest BCUT2D eigenvalue weighted by atomic mass is 19.1. The molecular weight excluding hydrogens is 506 g/mol. The highest BCUT2D eigenvalue weighted by molar-refractivity contribution is 5.95. The van der Waals surface area contributed by atoms with E-state index in [2.05, 4.69) is 13.8 Å². The zero-order chi connectivity index (χ0) is 28.6. The molecule has 3 nitrogen and oxygen atoms in total. The summed E-state index contributed by atoms with van der Waals surface area (Å²) in [4.78, 5) is 22.8. The number of carbonyl (C=O) groups is 1. The smallest absolute Gasteiger partial charge is 0.293 e. The number of benzene rings is 3. The fraction of sp³-hybridized carbons (Fsp3) is 0.457. The van der Waals surface area contributed by atoms with E-state index in [1.54, 1.807) is 12.1 Å². The Morgan fingerprint density at radius 2 is 1.32 bits per heavy atom. The standard InChI is InChI=1S/C35H44F2O3/c1-3-5-7-9-11-14-18-27-21-22-30(32(36)26-27)33-29(28-19-15-13-16-20-28)23-24-31(34(33)37)35(38)40-39-25-17-12-10-8-6-4-2/h13,15-16,19-24,26H,3-12,14,17-18,25H2,1-2H3. The topological polar surface area (TPSA) is 35.5 Å². The SMILES string of the molecule is CCCCCCCCOOC(=O)c1ccc(-c2ccccc2)c(-c2ccc(CCCCCCCC)cc2F)c1F. The molecule has 0 atom stereocenters. The third-order valence-corrected chi connectivity index (χ3v) is 7.28. The van der Waals surface area contributed by atoms with Crippen LogP contribution in [0.2, 0.25) is 0 Å². The van der Waals surface area contributed by atoms with Crippen LogP contribution in [0.4, 0.5) is 8.78 Å². The predicted molar refractivity (Wildman–Crippen MR) is 159 cm³/mol. The van der Waals surface area contributed by atoms with Crippen molar-refractivity contribution < 1.29 is 23.4 Å². The van der Waals surface area contributed by atoms with Crippen molar-refractivity contribution in [3.8, 4) is 22.3 Å². The molecule has 216 valence electrons. The molecule has 0 unspecified atom stereocenters. The minimum atomic E-state index is -0.926. The molecule has 0 saturated heterocycles. The fourth-order valence-corrected chi connectivity index (χ4v) is 4.96. The number of aryl methyl sites for hydroxylation is 1. The van der Waals surface area contributed by atoms with Crippen LogP contribution in [-0.4, -0.2) is 12.6 Å². The van der Waals surface area contributed by atoms with Crippen LogP contribution in [0.5, 0.6) is 0 Å². The van der Waals surface area contributed by atoms with E-state index in [1.165, 1.54) is 57.1 Å². The second-order valence-electron chi connectivity index (χ2n) is 10.5. The summed E-state index contributed by atoms with van der Waals surface area (Å²) in [6.45, 7) is 4.61. The minimum absolute atomic E-state index is 0.0418. The first-order chi connectivity index (χ1) is 19.6. The zero-order valence-corrected chi connectivity index (χ0v) is 24.2. The third kappa shape index (κ3) is 9.55. The van der Waals surface area contributed by atoms with Crippen LogP contribution in [0.1, 0.15) is 107 Å². The summed E-state index contributed by atoms with van der Waals surface area (Å²) in [5.74, 6) is -2.26. The highest BCUT2D eigenvalue weighted by Gasteiger charge is 2.24. The fourth-order valence-electron chi connectivity index (χ4n) is 4.96. The maximum absolute atomic E-state index is 16.0. The second kappa shape index (κ2) is 17.6. The Labute approximate surface area is 238 Å². The van der Waals surface area contributed by atoms with Gasteiger partial charge in [-0.1, -0.05) is 127 Å². The molecule has 0 radical (unpaired) electrons. The summed E-state index contributed by atoms with van der Waals surface area (Å²) in [5, 5.41) is 0. The molecule has 0 aliphatic carbocycles. The maximum Gasteiger partial charge on any atom is 0.376 e. The van der Waals surface area contributed by atoms with Gasteiger partial charge < -0.3 is 0 Å². The third-order valence-electron chi connectivity index (χ3n) is 7.28. The van der Waals surface area contributed by atoms with Crippen LogP contribution in [0.3, 0.4) is 0 Å². The monoisotopic (exact) mass is 550 g/mol. The Hall–Kier alpha value is -3.05. The molecule has 0 heterocycles. The molecule has 0 aliphatic rings. The second-order valence-corrected chi connectivity index (χ2v) is 10.5. The van der Waals surface area contributed by atoms with Gasteiger partial charge in [-0.05, 0) is 48.1 Å². The Balaban J connectivity index is 1.76. The van der Waals surface area contributed by atoms with E-state index >= 15 is 8.78 Å². The Morgan fingerprint density at radius 3 is 2.00 bits per heavy atom. The van der Waals surface area contributed by atoms with Crippen molar-refractivity contribution in [3.05, 3.63) is 83.4 Å². The molecule has 0 fully saturated rings. The summed E-state index contributed by atoms with van der Waals surface area (Å²) in [7, 11) is 0. The Kier molecular flexibility index (Phi) is 13.9. The van der Waals surface area contributed by atoms with Crippen LogP contribution in [-0.2, 0) is 16.2 Å². The normalized spacial score (nSPS) is 11.1. The molecule has 0 N–H and O–H groups in total. The van der Waals surface area contributed by atoms with Gasteiger partial charge in [0.2, 0.25) is 0 Å². The maximum atomic E-state index is 16.0. The first kappa shape index (κ1) is 31.5. The molecule has 5 heteroatoms. The average Bonchev–Trinajstić information content (AvgIpc) is 2.97. The lowest BCUT2D eigenvalue weighted by molar-refractivity contribution is -0.241. The van der Waals surface area contributed by atoms with Gasteiger partial charge in [0.1, 0.15) is 11.6 Å². The van der Waals surface area contributed by atoms with Crippen LogP contribution in [0, 0.1) is 11.6 Å². The number of unbranched alkanes of at least 4 members (excludes halogenated alkanes) is 10. The van der Waals surface area contributed by atoms with Crippen molar-refractivity contribution in [2.24, 2.45) is 0 Å². The van der Waals surface area contributed by atoms with Gasteiger partial charge in [-0.3, -0.25) is 4.89 Å². The molecule has 3 rings (SSSR count). The Bertz CT molecular complexity index is 1180. The summed E-state index contributed by atoms with van der Waals surface area (Å²) >= 11 is 0. The van der Waals surface area contributed by atoms with Gasteiger partial charge in [-0.15, -0.1) is 0 Å². The van der Waals surface area contributed by atoms with E-state index in [-0.39, 0.29) is 23.3 Å². The highest BCUT2D eigenvalue weighted by Crippen LogP contribution is 2.37. The van der Waals surface area contributed by atoms with E-state index in [4.69, 9.17) is 9.78 Å². The summed E-state index contributed by atoms with van der Waals surface area (Å²) < 4.78 is 31.5. The largest absolute Gasteiger partial charge is 0.376 e. The van der Waals surface area contributed by atoms with Crippen molar-refractivity contribution in [3.63, 3.8) is 0 Å². The van der Waals surface area contributed by atoms with Gasteiger partial charge in [0.05, 0.1) is 12.2 Å². The van der Waals surface area contributed by atoms with E-state index in [9.17, 15) is 4.79 Å². The first-order valence-corrected chi connectivity index (χ1v) is 15.1. The number of carbonyl (C=O) groups excluding carboxylic acids is 1. The lowest BCUT2D eigenvalue weighted by Crippen LogP contribution is -2.10. The average molecular weight is 551 g/mol. The summed E-state index contributed by atoms with van der Waals surface area (Å²) in [6, 6.07) is 17.2. The van der Waals surface area contributed by atoms with Crippen molar-refractivity contribution in [1.29, 1.82) is 0 Å². The molecule has 3 aromatic rings. The number of hydrogen-bond donors (Lipinski definition) is 0. The molecule has 0 bridgehead atoms. The van der Waals surface area contributed by atoms with Gasteiger partial charge in [0, 0.05) is 11.1 Å². The van der Waals surface area contributed by atoms with E-state index in [0.29, 0.717) is 5.56 Å². The predicted octanol–water partition coefficient (Wildman–Crippen LogP) is 10.7. The van der Waals surface area contributed by atoms with Gasteiger partial charge in [0.25, 0.3) is 0 Å². The van der Waals surface area contributed by atoms with Crippen molar-refractivity contribution in [2.45, 2.75) is 97.3 Å². The van der Waals surface area contributed by atoms with Gasteiger partial charge in [-0.2, -0.15) is 4.89 Å². The molecule has 3 aromatic carbocycles.